The summed E-state index contributed by atoms with van der Waals surface area (Å²) in [6, 6.07) is 17.7. The molecule has 0 aliphatic heterocycles. The highest BCUT2D eigenvalue weighted by atomic mass is 16.5. The zero-order chi connectivity index (χ0) is 13.5. The van der Waals surface area contributed by atoms with E-state index >= 15 is 0 Å². The lowest BCUT2D eigenvalue weighted by Gasteiger charge is -2.13. The summed E-state index contributed by atoms with van der Waals surface area (Å²) in [6.45, 7) is 3.02. The van der Waals surface area contributed by atoms with E-state index < -0.39 is 0 Å². The minimum Gasteiger partial charge on any atom is -0.489 e. The molecule has 0 saturated carbocycles. The number of rotatable bonds is 6. The Kier molecular flexibility index (Phi) is 4.81. The third kappa shape index (κ3) is 4.30. The first kappa shape index (κ1) is 13.4. The van der Waals surface area contributed by atoms with Crippen molar-refractivity contribution in [1.82, 2.24) is 0 Å². The van der Waals surface area contributed by atoms with E-state index in [2.05, 4.69) is 0 Å². The number of hydrogen-bond donors (Lipinski definition) is 1. The fourth-order valence-electron chi connectivity index (χ4n) is 1.64. The monoisotopic (exact) mass is 257 g/mol. The molecule has 100 valence electrons. The summed E-state index contributed by atoms with van der Waals surface area (Å²) in [5, 5.41) is 0. The second kappa shape index (κ2) is 6.81. The highest BCUT2D eigenvalue weighted by molar-refractivity contribution is 5.31. The normalized spacial score (nSPS) is 11.9. The van der Waals surface area contributed by atoms with Crippen molar-refractivity contribution in [1.29, 1.82) is 0 Å². The Morgan fingerprint density at radius 3 is 2.21 bits per heavy atom. The van der Waals surface area contributed by atoms with Gasteiger partial charge in [0.1, 0.15) is 24.2 Å². The van der Waals surface area contributed by atoms with Crippen LogP contribution in [0, 0.1) is 0 Å². The SMILES string of the molecule is CC(CN)Oc1ccc(OCc2ccccc2)cc1. The quantitative estimate of drug-likeness (QED) is 0.865. The van der Waals surface area contributed by atoms with Crippen LogP contribution in [0.5, 0.6) is 11.5 Å². The Labute approximate surface area is 114 Å². The van der Waals surface area contributed by atoms with Gasteiger partial charge in [0, 0.05) is 6.54 Å². The van der Waals surface area contributed by atoms with Crippen LogP contribution in [0.2, 0.25) is 0 Å². The number of ether oxygens (including phenoxy) is 2. The van der Waals surface area contributed by atoms with E-state index in [1.807, 2.05) is 61.5 Å². The first-order valence-electron chi connectivity index (χ1n) is 6.41. The van der Waals surface area contributed by atoms with Crippen molar-refractivity contribution in [3.63, 3.8) is 0 Å². The van der Waals surface area contributed by atoms with Crippen LogP contribution in [0.4, 0.5) is 0 Å². The summed E-state index contributed by atoms with van der Waals surface area (Å²) in [5.74, 6) is 1.64. The first-order valence-corrected chi connectivity index (χ1v) is 6.41. The van der Waals surface area contributed by atoms with Crippen molar-refractivity contribution in [3.8, 4) is 11.5 Å². The summed E-state index contributed by atoms with van der Waals surface area (Å²) >= 11 is 0. The lowest BCUT2D eigenvalue weighted by atomic mass is 10.2. The Bertz CT molecular complexity index is 482. The smallest absolute Gasteiger partial charge is 0.120 e. The predicted octanol–water partition coefficient (Wildman–Crippen LogP) is 2.99. The van der Waals surface area contributed by atoms with Gasteiger partial charge in [0.2, 0.25) is 0 Å². The molecule has 2 aromatic carbocycles. The molecule has 0 saturated heterocycles. The van der Waals surface area contributed by atoms with Gasteiger partial charge in [0.25, 0.3) is 0 Å². The molecule has 0 aromatic heterocycles. The Morgan fingerprint density at radius 2 is 1.58 bits per heavy atom. The molecule has 0 spiro atoms. The second-order valence-electron chi connectivity index (χ2n) is 4.41. The van der Waals surface area contributed by atoms with Gasteiger partial charge in [0.05, 0.1) is 0 Å². The van der Waals surface area contributed by atoms with Gasteiger partial charge in [0.15, 0.2) is 0 Å². The van der Waals surface area contributed by atoms with Gasteiger partial charge in [-0.25, -0.2) is 0 Å². The molecular weight excluding hydrogens is 238 g/mol. The molecule has 3 heteroatoms. The largest absolute Gasteiger partial charge is 0.489 e. The van der Waals surface area contributed by atoms with Crippen molar-refractivity contribution >= 4 is 0 Å². The van der Waals surface area contributed by atoms with Gasteiger partial charge in [-0.2, -0.15) is 0 Å². The standard InChI is InChI=1S/C16H19NO2/c1-13(11-17)19-16-9-7-15(8-10-16)18-12-14-5-3-2-4-6-14/h2-10,13H,11-12,17H2,1H3. The van der Waals surface area contributed by atoms with E-state index in [1.165, 1.54) is 0 Å². The molecule has 3 nitrogen and oxygen atoms in total. The fraction of sp³-hybridized carbons (Fsp3) is 0.250. The van der Waals surface area contributed by atoms with Gasteiger partial charge in [-0.05, 0) is 36.8 Å². The molecule has 0 fully saturated rings. The third-order valence-corrected chi connectivity index (χ3v) is 2.74. The maximum atomic E-state index is 5.70. The van der Waals surface area contributed by atoms with E-state index in [1.54, 1.807) is 0 Å². The highest BCUT2D eigenvalue weighted by Gasteiger charge is 2.01. The second-order valence-corrected chi connectivity index (χ2v) is 4.41. The molecule has 2 aromatic rings. The summed E-state index contributed by atoms with van der Waals surface area (Å²) in [4.78, 5) is 0. The van der Waals surface area contributed by atoms with E-state index in [-0.39, 0.29) is 6.10 Å². The molecule has 2 rings (SSSR count). The van der Waals surface area contributed by atoms with Crippen molar-refractivity contribution in [2.24, 2.45) is 5.73 Å². The topological polar surface area (TPSA) is 44.5 Å². The molecule has 0 amide bonds. The molecule has 19 heavy (non-hydrogen) atoms. The van der Waals surface area contributed by atoms with Crippen LogP contribution in [0.3, 0.4) is 0 Å². The van der Waals surface area contributed by atoms with Crippen LogP contribution in [-0.4, -0.2) is 12.6 Å². The van der Waals surface area contributed by atoms with Crippen LogP contribution >= 0.6 is 0 Å². The lowest BCUT2D eigenvalue weighted by Crippen LogP contribution is -2.22. The molecule has 0 radical (unpaired) electrons. The van der Waals surface area contributed by atoms with Crippen LogP contribution in [0.15, 0.2) is 54.6 Å². The molecule has 2 N–H and O–H groups in total. The molecule has 0 bridgehead atoms. The zero-order valence-corrected chi connectivity index (χ0v) is 11.1. The lowest BCUT2D eigenvalue weighted by molar-refractivity contribution is 0.229. The minimum absolute atomic E-state index is 0.0242. The third-order valence-electron chi connectivity index (χ3n) is 2.74. The summed E-state index contributed by atoms with van der Waals surface area (Å²) in [6.07, 6.45) is 0.0242. The van der Waals surface area contributed by atoms with Gasteiger partial charge in [-0.3, -0.25) is 0 Å². The number of hydrogen-bond acceptors (Lipinski definition) is 3. The molecule has 0 heterocycles. The van der Waals surface area contributed by atoms with Crippen molar-refractivity contribution in [3.05, 3.63) is 60.2 Å². The molecular formula is C16H19NO2. The summed E-state index contributed by atoms with van der Waals surface area (Å²) in [7, 11) is 0. The number of nitrogens with two attached hydrogens (primary N) is 1. The molecule has 1 unspecified atom stereocenters. The van der Waals surface area contributed by atoms with Gasteiger partial charge >= 0.3 is 0 Å². The van der Waals surface area contributed by atoms with E-state index in [0.29, 0.717) is 13.2 Å². The predicted molar refractivity (Wildman–Crippen MR) is 76.4 cm³/mol. The summed E-state index contributed by atoms with van der Waals surface area (Å²) < 4.78 is 11.3. The van der Waals surface area contributed by atoms with E-state index in [9.17, 15) is 0 Å². The highest BCUT2D eigenvalue weighted by Crippen LogP contribution is 2.19. The molecule has 0 aliphatic carbocycles. The Hall–Kier alpha value is -2.00. The molecule has 1 atom stereocenters. The van der Waals surface area contributed by atoms with Crippen LogP contribution in [-0.2, 0) is 6.61 Å². The zero-order valence-electron chi connectivity index (χ0n) is 11.1. The van der Waals surface area contributed by atoms with E-state index in [4.69, 9.17) is 15.2 Å². The maximum absolute atomic E-state index is 5.70. The average molecular weight is 257 g/mol. The van der Waals surface area contributed by atoms with Crippen molar-refractivity contribution < 1.29 is 9.47 Å². The Balaban J connectivity index is 1.88. The molecule has 0 aliphatic rings. The van der Waals surface area contributed by atoms with Crippen molar-refractivity contribution in [2.45, 2.75) is 19.6 Å². The summed E-state index contributed by atoms with van der Waals surface area (Å²) in [5.41, 5.74) is 6.66. The van der Waals surface area contributed by atoms with Gasteiger partial charge < -0.3 is 15.2 Å². The van der Waals surface area contributed by atoms with E-state index in [0.717, 1.165) is 17.1 Å². The van der Waals surface area contributed by atoms with Crippen LogP contribution < -0.4 is 15.2 Å². The van der Waals surface area contributed by atoms with Crippen LogP contribution in [0.1, 0.15) is 12.5 Å². The number of benzene rings is 2. The van der Waals surface area contributed by atoms with Crippen LogP contribution in [0.25, 0.3) is 0 Å². The van der Waals surface area contributed by atoms with Gasteiger partial charge in [-0.1, -0.05) is 30.3 Å². The minimum atomic E-state index is 0.0242. The Morgan fingerprint density at radius 1 is 0.947 bits per heavy atom. The fourth-order valence-corrected chi connectivity index (χ4v) is 1.64. The average Bonchev–Trinajstić information content (AvgIpc) is 2.47. The van der Waals surface area contributed by atoms with Gasteiger partial charge in [-0.15, -0.1) is 0 Å². The first-order chi connectivity index (χ1) is 9.28. The maximum Gasteiger partial charge on any atom is 0.120 e. The van der Waals surface area contributed by atoms with Crippen molar-refractivity contribution in [2.75, 3.05) is 6.54 Å².